The molecule has 0 saturated carbocycles. The van der Waals surface area contributed by atoms with E-state index in [0.717, 1.165) is 22.6 Å². The highest BCUT2D eigenvalue weighted by atomic mass is 32.1. The SMILES string of the molecule is COC(=O)c1ccccc1-n1cccc1[C@H]1[C@@H](c2ccccn2)NC(=S)N1CCC(=O)Nc1ccccc1C. The topological polar surface area (TPSA) is 88.5 Å². The second kappa shape index (κ2) is 11.5. The molecule has 1 aliphatic rings. The number of hydrogen-bond donors (Lipinski definition) is 2. The molecule has 2 aromatic heterocycles. The highest BCUT2D eigenvalue weighted by molar-refractivity contribution is 7.80. The van der Waals surface area contributed by atoms with E-state index in [1.807, 2.05) is 89.3 Å². The van der Waals surface area contributed by atoms with Crippen LogP contribution in [0, 0.1) is 6.92 Å². The summed E-state index contributed by atoms with van der Waals surface area (Å²) in [5.41, 5.74) is 4.66. The minimum absolute atomic E-state index is 0.0986. The van der Waals surface area contributed by atoms with Crippen molar-refractivity contribution < 1.29 is 14.3 Å². The molecule has 8 nitrogen and oxygen atoms in total. The number of para-hydroxylation sites is 2. The van der Waals surface area contributed by atoms with Crippen LogP contribution < -0.4 is 10.6 Å². The predicted octanol–water partition coefficient (Wildman–Crippen LogP) is 4.97. The Morgan fingerprint density at radius 3 is 2.56 bits per heavy atom. The highest BCUT2D eigenvalue weighted by Crippen LogP contribution is 2.40. The van der Waals surface area contributed by atoms with Gasteiger partial charge in [0.05, 0.1) is 36.1 Å². The van der Waals surface area contributed by atoms with E-state index in [0.29, 0.717) is 22.9 Å². The summed E-state index contributed by atoms with van der Waals surface area (Å²) in [7, 11) is 1.37. The number of rotatable bonds is 8. The lowest BCUT2D eigenvalue weighted by Gasteiger charge is -2.29. The van der Waals surface area contributed by atoms with Gasteiger partial charge in [0, 0.05) is 36.7 Å². The van der Waals surface area contributed by atoms with Gasteiger partial charge in [0.1, 0.15) is 0 Å². The maximum atomic E-state index is 12.9. The molecule has 0 spiro atoms. The molecule has 1 fully saturated rings. The molecule has 0 radical (unpaired) electrons. The van der Waals surface area contributed by atoms with Crippen molar-refractivity contribution in [2.24, 2.45) is 0 Å². The van der Waals surface area contributed by atoms with Gasteiger partial charge in [0.25, 0.3) is 0 Å². The van der Waals surface area contributed by atoms with Crippen LogP contribution >= 0.6 is 12.2 Å². The standard InChI is InChI=1S/C30H29N5O3S/c1-20-10-3-5-12-22(20)32-26(36)16-19-35-28(27(33-30(35)39)23-13-7-8-17-31-23)25-15-9-18-34(25)24-14-6-4-11-21(24)29(37)38-2/h3-15,17-18,27-28H,16,19H2,1-2H3,(H,32,36)(H,33,39)/t27-,28+/m1/s1. The minimum atomic E-state index is -0.420. The van der Waals surface area contributed by atoms with Crippen LogP contribution in [0.15, 0.2) is 91.3 Å². The first-order valence-electron chi connectivity index (χ1n) is 12.7. The van der Waals surface area contributed by atoms with E-state index in [-0.39, 0.29) is 24.4 Å². The van der Waals surface area contributed by atoms with Gasteiger partial charge in [-0.3, -0.25) is 9.78 Å². The van der Waals surface area contributed by atoms with Crippen LogP contribution in [0.2, 0.25) is 0 Å². The number of esters is 1. The molecule has 1 saturated heterocycles. The molecule has 0 unspecified atom stereocenters. The summed E-state index contributed by atoms with van der Waals surface area (Å²) in [5, 5.41) is 6.97. The molecule has 0 aliphatic carbocycles. The molecule has 5 rings (SSSR count). The first-order valence-corrected chi connectivity index (χ1v) is 13.1. The molecule has 0 bridgehead atoms. The van der Waals surface area contributed by atoms with Crippen LogP contribution in [0.3, 0.4) is 0 Å². The summed E-state index contributed by atoms with van der Waals surface area (Å²) in [6, 6.07) is 24.1. The van der Waals surface area contributed by atoms with Crippen molar-refractivity contribution in [3.8, 4) is 5.69 Å². The zero-order valence-corrected chi connectivity index (χ0v) is 22.5. The number of thiocarbonyl (C=S) groups is 1. The Kier molecular flexibility index (Phi) is 7.69. The Bertz CT molecular complexity index is 1500. The van der Waals surface area contributed by atoms with Crippen molar-refractivity contribution in [3.05, 3.63) is 114 Å². The molecular formula is C30H29N5O3S. The molecule has 2 atom stereocenters. The Morgan fingerprint density at radius 1 is 1.03 bits per heavy atom. The van der Waals surface area contributed by atoms with Crippen LogP contribution in [-0.4, -0.2) is 45.1 Å². The summed E-state index contributed by atoms with van der Waals surface area (Å²) in [4.78, 5) is 32.2. The summed E-state index contributed by atoms with van der Waals surface area (Å²) in [5.74, 6) is -0.519. The number of carbonyl (C=O) groups excluding carboxylic acids is 2. The number of benzene rings is 2. The molecule has 4 aromatic rings. The van der Waals surface area contributed by atoms with Gasteiger partial charge < -0.3 is 24.8 Å². The van der Waals surface area contributed by atoms with Crippen molar-refractivity contribution in [3.63, 3.8) is 0 Å². The van der Waals surface area contributed by atoms with E-state index < -0.39 is 5.97 Å². The smallest absolute Gasteiger partial charge is 0.339 e. The Hall–Kier alpha value is -4.50. The van der Waals surface area contributed by atoms with Crippen molar-refractivity contribution in [2.75, 3.05) is 19.0 Å². The van der Waals surface area contributed by atoms with Crippen LogP contribution in [0.25, 0.3) is 5.69 Å². The van der Waals surface area contributed by atoms with E-state index in [1.54, 1.807) is 18.3 Å². The molecule has 1 amide bonds. The zero-order valence-electron chi connectivity index (χ0n) is 21.7. The quantitative estimate of drug-likeness (QED) is 0.241. The van der Waals surface area contributed by atoms with Crippen LogP contribution in [0.4, 0.5) is 5.69 Å². The van der Waals surface area contributed by atoms with Crippen molar-refractivity contribution in [1.82, 2.24) is 19.8 Å². The van der Waals surface area contributed by atoms with Gasteiger partial charge in [-0.1, -0.05) is 36.4 Å². The van der Waals surface area contributed by atoms with Crippen molar-refractivity contribution >= 4 is 34.9 Å². The lowest BCUT2D eigenvalue weighted by atomic mass is 10.0. The van der Waals surface area contributed by atoms with E-state index in [9.17, 15) is 9.59 Å². The average molecular weight is 540 g/mol. The first-order chi connectivity index (χ1) is 19.0. The van der Waals surface area contributed by atoms with Gasteiger partial charge in [-0.25, -0.2) is 4.79 Å². The minimum Gasteiger partial charge on any atom is -0.465 e. The Labute approximate surface area is 232 Å². The number of methoxy groups -OCH3 is 1. The van der Waals surface area contributed by atoms with Crippen LogP contribution in [0.5, 0.6) is 0 Å². The van der Waals surface area contributed by atoms with E-state index >= 15 is 0 Å². The number of carbonyl (C=O) groups is 2. The number of amides is 1. The molecule has 2 aromatic carbocycles. The third-order valence-electron chi connectivity index (χ3n) is 6.85. The fourth-order valence-electron chi connectivity index (χ4n) is 4.94. The molecule has 1 aliphatic heterocycles. The third-order valence-corrected chi connectivity index (χ3v) is 7.20. The summed E-state index contributed by atoms with van der Waals surface area (Å²) < 4.78 is 7.02. The number of pyridine rings is 1. The summed E-state index contributed by atoms with van der Waals surface area (Å²) in [6.07, 6.45) is 3.90. The maximum absolute atomic E-state index is 12.9. The molecular weight excluding hydrogens is 510 g/mol. The van der Waals surface area contributed by atoms with Gasteiger partial charge in [0.2, 0.25) is 5.91 Å². The number of aryl methyl sites for hydroxylation is 1. The largest absolute Gasteiger partial charge is 0.465 e. The fourth-order valence-corrected chi connectivity index (χ4v) is 5.27. The Balaban J connectivity index is 1.49. The molecule has 2 N–H and O–H groups in total. The first kappa shape index (κ1) is 26.1. The van der Waals surface area contributed by atoms with Gasteiger partial charge in [-0.2, -0.15) is 0 Å². The number of nitrogens with one attached hydrogen (secondary N) is 2. The normalized spacial score (nSPS) is 16.6. The lowest BCUT2D eigenvalue weighted by Crippen LogP contribution is -2.33. The number of ether oxygens (including phenoxy) is 1. The Morgan fingerprint density at radius 2 is 1.79 bits per heavy atom. The summed E-state index contributed by atoms with van der Waals surface area (Å²) in [6.45, 7) is 2.35. The fraction of sp³-hybridized carbons (Fsp3) is 0.200. The number of aromatic nitrogens is 2. The van der Waals surface area contributed by atoms with E-state index in [4.69, 9.17) is 17.0 Å². The van der Waals surface area contributed by atoms with Gasteiger partial charge in [-0.15, -0.1) is 0 Å². The molecule has 39 heavy (non-hydrogen) atoms. The second-order valence-electron chi connectivity index (χ2n) is 9.24. The summed E-state index contributed by atoms with van der Waals surface area (Å²) >= 11 is 5.79. The number of nitrogens with zero attached hydrogens (tertiary/aromatic N) is 3. The molecule has 3 heterocycles. The van der Waals surface area contributed by atoms with Crippen molar-refractivity contribution in [2.45, 2.75) is 25.4 Å². The average Bonchev–Trinajstić information content (AvgIpc) is 3.57. The van der Waals surface area contributed by atoms with Crippen molar-refractivity contribution in [1.29, 1.82) is 0 Å². The van der Waals surface area contributed by atoms with E-state index in [1.165, 1.54) is 7.11 Å². The van der Waals surface area contributed by atoms with Gasteiger partial charge >= 0.3 is 5.97 Å². The van der Waals surface area contributed by atoms with Crippen LogP contribution in [-0.2, 0) is 9.53 Å². The number of anilines is 1. The lowest BCUT2D eigenvalue weighted by molar-refractivity contribution is -0.116. The van der Waals surface area contributed by atoms with Gasteiger partial charge in [-0.05, 0) is 67.2 Å². The van der Waals surface area contributed by atoms with E-state index in [2.05, 4.69) is 15.6 Å². The van der Waals surface area contributed by atoms with Gasteiger partial charge in [0.15, 0.2) is 5.11 Å². The third kappa shape index (κ3) is 5.39. The molecule has 198 valence electrons. The number of hydrogen-bond acceptors (Lipinski definition) is 5. The highest BCUT2D eigenvalue weighted by Gasteiger charge is 2.41. The maximum Gasteiger partial charge on any atom is 0.339 e. The zero-order chi connectivity index (χ0) is 27.4. The monoisotopic (exact) mass is 539 g/mol. The second-order valence-corrected chi connectivity index (χ2v) is 9.63. The predicted molar refractivity (Wildman–Crippen MR) is 154 cm³/mol. The molecule has 9 heteroatoms. The van der Waals surface area contributed by atoms with Crippen LogP contribution in [0.1, 0.15) is 45.8 Å².